The van der Waals surface area contributed by atoms with Crippen LogP contribution in [0.4, 0.5) is 10.5 Å². The average molecular weight is 493 g/mol. The van der Waals surface area contributed by atoms with E-state index in [1.54, 1.807) is 54.6 Å². The summed E-state index contributed by atoms with van der Waals surface area (Å²) in [4.78, 5) is 38.8. The second-order valence-electron chi connectivity index (χ2n) is 7.67. The minimum absolute atomic E-state index is 0.153. The van der Waals surface area contributed by atoms with Crippen LogP contribution in [-0.4, -0.2) is 28.6 Å². The van der Waals surface area contributed by atoms with Crippen LogP contribution in [0.2, 0.25) is 5.02 Å². The van der Waals surface area contributed by atoms with Crippen LogP contribution in [0, 0.1) is 6.92 Å². The molecule has 3 aromatic rings. The average Bonchev–Trinajstić information content (AvgIpc) is 3.09. The van der Waals surface area contributed by atoms with Crippen LogP contribution in [0.15, 0.2) is 77.7 Å². The predicted molar refractivity (Wildman–Crippen MR) is 135 cm³/mol. The van der Waals surface area contributed by atoms with Gasteiger partial charge in [0, 0.05) is 10.7 Å². The number of hydrogen-bond acceptors (Lipinski definition) is 5. The monoisotopic (exact) mass is 492 g/mol. The second kappa shape index (κ2) is 10.6. The van der Waals surface area contributed by atoms with Crippen molar-refractivity contribution in [1.82, 2.24) is 4.90 Å². The summed E-state index contributed by atoms with van der Waals surface area (Å²) in [5.41, 5.74) is 3.40. The number of hydrogen-bond donors (Lipinski definition) is 1. The summed E-state index contributed by atoms with van der Waals surface area (Å²) in [6, 6.07) is 21.5. The molecular formula is C26H21ClN2O4S. The van der Waals surface area contributed by atoms with Gasteiger partial charge in [0.05, 0.1) is 11.4 Å². The molecule has 0 aromatic heterocycles. The molecule has 1 heterocycles. The van der Waals surface area contributed by atoms with Crippen LogP contribution in [0.1, 0.15) is 16.7 Å². The molecule has 3 aromatic carbocycles. The van der Waals surface area contributed by atoms with E-state index < -0.39 is 0 Å². The van der Waals surface area contributed by atoms with E-state index in [1.807, 2.05) is 31.2 Å². The lowest BCUT2D eigenvalue weighted by atomic mass is 10.1. The SMILES string of the molecule is Cc1ccc(CN2C(=O)S/C(=C\c3ccc(OCC(=O)Nc4ccc(Cl)cc4)cc3)C2=O)cc1. The maximum Gasteiger partial charge on any atom is 0.293 e. The van der Waals surface area contributed by atoms with Gasteiger partial charge in [-0.25, -0.2) is 0 Å². The summed E-state index contributed by atoms with van der Waals surface area (Å²) in [5, 5.41) is 3.02. The van der Waals surface area contributed by atoms with Gasteiger partial charge in [0.25, 0.3) is 17.1 Å². The number of anilines is 1. The van der Waals surface area contributed by atoms with Gasteiger partial charge in [0.1, 0.15) is 5.75 Å². The maximum absolute atomic E-state index is 12.7. The molecule has 3 amide bonds. The topological polar surface area (TPSA) is 75.7 Å². The molecule has 8 heteroatoms. The van der Waals surface area contributed by atoms with Crippen LogP contribution in [-0.2, 0) is 16.1 Å². The first-order valence-corrected chi connectivity index (χ1v) is 11.7. The Hall–Kier alpha value is -3.55. The number of thioether (sulfide) groups is 1. The maximum atomic E-state index is 12.7. The number of nitrogens with one attached hydrogen (secondary N) is 1. The van der Waals surface area contributed by atoms with Gasteiger partial charge in [-0.2, -0.15) is 0 Å². The standard InChI is InChI=1S/C26H21ClN2O4S/c1-17-2-4-19(5-3-17)15-29-25(31)23(34-26(29)32)14-18-6-12-22(13-7-18)33-16-24(30)28-21-10-8-20(27)9-11-21/h2-14H,15-16H2,1H3,(H,28,30)/b23-14-. The fourth-order valence-electron chi connectivity index (χ4n) is 3.20. The number of carbonyl (C=O) groups excluding carboxylic acids is 3. The van der Waals surface area contributed by atoms with E-state index in [0.717, 1.165) is 28.5 Å². The van der Waals surface area contributed by atoms with Crippen molar-refractivity contribution < 1.29 is 19.1 Å². The number of rotatable bonds is 7. The molecule has 34 heavy (non-hydrogen) atoms. The Morgan fingerprint density at radius 3 is 2.35 bits per heavy atom. The summed E-state index contributed by atoms with van der Waals surface area (Å²) in [6.45, 7) is 2.08. The van der Waals surface area contributed by atoms with E-state index in [-0.39, 0.29) is 30.2 Å². The molecule has 0 aliphatic carbocycles. The van der Waals surface area contributed by atoms with Gasteiger partial charge in [-0.3, -0.25) is 19.3 Å². The van der Waals surface area contributed by atoms with E-state index in [1.165, 1.54) is 4.90 Å². The quantitative estimate of drug-likeness (QED) is 0.415. The Labute approximate surface area is 206 Å². The van der Waals surface area contributed by atoms with Crippen molar-refractivity contribution in [3.63, 3.8) is 0 Å². The number of aryl methyl sites for hydroxylation is 1. The normalized spacial score (nSPS) is 14.5. The van der Waals surface area contributed by atoms with Crippen molar-refractivity contribution in [2.75, 3.05) is 11.9 Å². The highest BCUT2D eigenvalue weighted by Crippen LogP contribution is 2.33. The van der Waals surface area contributed by atoms with Crippen molar-refractivity contribution in [3.05, 3.63) is 99.4 Å². The number of amides is 3. The molecule has 6 nitrogen and oxygen atoms in total. The molecule has 1 N–H and O–H groups in total. The lowest BCUT2D eigenvalue weighted by Gasteiger charge is -2.12. The first kappa shape index (κ1) is 23.6. The van der Waals surface area contributed by atoms with Crippen molar-refractivity contribution in [2.24, 2.45) is 0 Å². The van der Waals surface area contributed by atoms with Crippen LogP contribution in [0.3, 0.4) is 0 Å². The number of halogens is 1. The van der Waals surface area contributed by atoms with Gasteiger partial charge in [0.2, 0.25) is 0 Å². The molecule has 0 spiro atoms. The van der Waals surface area contributed by atoms with Gasteiger partial charge < -0.3 is 10.1 Å². The summed E-state index contributed by atoms with van der Waals surface area (Å²) in [7, 11) is 0. The summed E-state index contributed by atoms with van der Waals surface area (Å²) >= 11 is 6.76. The summed E-state index contributed by atoms with van der Waals surface area (Å²) < 4.78 is 5.53. The summed E-state index contributed by atoms with van der Waals surface area (Å²) in [5.74, 6) is -0.0979. The molecule has 0 saturated carbocycles. The zero-order valence-electron chi connectivity index (χ0n) is 18.3. The molecule has 172 valence electrons. The van der Waals surface area contributed by atoms with Crippen LogP contribution in [0.25, 0.3) is 6.08 Å². The molecule has 0 unspecified atom stereocenters. The van der Waals surface area contributed by atoms with Gasteiger partial charge in [-0.1, -0.05) is 53.6 Å². The lowest BCUT2D eigenvalue weighted by Crippen LogP contribution is -2.27. The zero-order valence-corrected chi connectivity index (χ0v) is 19.9. The minimum atomic E-state index is -0.310. The largest absolute Gasteiger partial charge is 0.484 e. The molecule has 1 saturated heterocycles. The van der Waals surface area contributed by atoms with Gasteiger partial charge in [-0.15, -0.1) is 0 Å². The Bertz CT molecular complexity index is 1240. The molecule has 1 fully saturated rings. The molecule has 0 atom stereocenters. The predicted octanol–water partition coefficient (Wildman–Crippen LogP) is 5.90. The lowest BCUT2D eigenvalue weighted by molar-refractivity contribution is -0.123. The number of carbonyl (C=O) groups is 3. The number of nitrogens with zero attached hydrogens (tertiary/aromatic N) is 1. The highest BCUT2D eigenvalue weighted by atomic mass is 35.5. The van der Waals surface area contributed by atoms with Crippen LogP contribution in [0.5, 0.6) is 5.75 Å². The van der Waals surface area contributed by atoms with E-state index in [2.05, 4.69) is 5.32 Å². The van der Waals surface area contributed by atoms with Crippen molar-refractivity contribution in [2.45, 2.75) is 13.5 Å². The smallest absolute Gasteiger partial charge is 0.293 e. The van der Waals surface area contributed by atoms with Crippen LogP contribution < -0.4 is 10.1 Å². The van der Waals surface area contributed by atoms with Gasteiger partial charge in [0.15, 0.2) is 6.61 Å². The van der Waals surface area contributed by atoms with Crippen molar-refractivity contribution in [1.29, 1.82) is 0 Å². The number of ether oxygens (including phenoxy) is 1. The molecule has 4 rings (SSSR count). The Morgan fingerprint density at radius 2 is 1.68 bits per heavy atom. The van der Waals surface area contributed by atoms with Crippen LogP contribution >= 0.6 is 23.4 Å². The third kappa shape index (κ3) is 6.07. The third-order valence-corrected chi connectivity index (χ3v) is 6.17. The molecule has 0 radical (unpaired) electrons. The van der Waals surface area contributed by atoms with E-state index in [9.17, 15) is 14.4 Å². The van der Waals surface area contributed by atoms with Crippen molar-refractivity contribution >= 4 is 52.2 Å². The van der Waals surface area contributed by atoms with Gasteiger partial charge >= 0.3 is 0 Å². The van der Waals surface area contributed by atoms with Gasteiger partial charge in [-0.05, 0) is 72.3 Å². The highest BCUT2D eigenvalue weighted by molar-refractivity contribution is 8.18. The number of imide groups is 1. The first-order valence-electron chi connectivity index (χ1n) is 10.5. The Kier molecular flexibility index (Phi) is 7.35. The van der Waals surface area contributed by atoms with Crippen molar-refractivity contribution in [3.8, 4) is 5.75 Å². The fraction of sp³-hybridized carbons (Fsp3) is 0.115. The Balaban J connectivity index is 1.33. The van der Waals surface area contributed by atoms with E-state index >= 15 is 0 Å². The molecule has 1 aliphatic rings. The third-order valence-electron chi connectivity index (χ3n) is 5.01. The molecule has 0 bridgehead atoms. The first-order chi connectivity index (χ1) is 16.4. The number of benzene rings is 3. The molecular weight excluding hydrogens is 472 g/mol. The van der Waals surface area contributed by atoms with E-state index in [0.29, 0.717) is 21.4 Å². The fourth-order valence-corrected chi connectivity index (χ4v) is 4.17. The summed E-state index contributed by atoms with van der Waals surface area (Å²) in [6.07, 6.45) is 1.68. The minimum Gasteiger partial charge on any atom is -0.484 e. The zero-order chi connectivity index (χ0) is 24.1. The second-order valence-corrected chi connectivity index (χ2v) is 9.10. The van der Waals surface area contributed by atoms with E-state index in [4.69, 9.17) is 16.3 Å². The highest BCUT2D eigenvalue weighted by Gasteiger charge is 2.34. The molecule has 1 aliphatic heterocycles. The Morgan fingerprint density at radius 1 is 1.00 bits per heavy atom.